The van der Waals surface area contributed by atoms with E-state index in [0.717, 1.165) is 18.5 Å². The van der Waals surface area contributed by atoms with Crippen molar-refractivity contribution in [2.45, 2.75) is 19.1 Å². The van der Waals surface area contributed by atoms with Crippen molar-refractivity contribution in [1.82, 2.24) is 15.8 Å². The van der Waals surface area contributed by atoms with E-state index in [4.69, 9.17) is 4.74 Å². The Kier molecular flexibility index (Phi) is 4.55. The summed E-state index contributed by atoms with van der Waals surface area (Å²) in [4.78, 5) is 13.4. The Morgan fingerprint density at radius 3 is 2.89 bits per heavy atom. The first-order chi connectivity index (χ1) is 8.75. The monoisotopic (exact) mass is 249 g/mol. The molecule has 1 aromatic rings. The Hall–Kier alpha value is -1.59. The van der Waals surface area contributed by atoms with Gasteiger partial charge in [0.2, 0.25) is 0 Å². The van der Waals surface area contributed by atoms with E-state index in [9.17, 15) is 4.79 Å². The third kappa shape index (κ3) is 3.72. The van der Waals surface area contributed by atoms with Gasteiger partial charge in [0.05, 0.1) is 0 Å². The molecule has 2 rings (SSSR count). The van der Waals surface area contributed by atoms with Crippen LogP contribution in [0.5, 0.6) is 0 Å². The summed E-state index contributed by atoms with van der Waals surface area (Å²) in [6, 6.07) is 9.99. The van der Waals surface area contributed by atoms with Crippen molar-refractivity contribution in [3.63, 3.8) is 0 Å². The van der Waals surface area contributed by atoms with E-state index in [-0.39, 0.29) is 6.09 Å². The molecule has 1 saturated heterocycles. The minimum atomic E-state index is -0.285. The van der Waals surface area contributed by atoms with Crippen molar-refractivity contribution in [2.24, 2.45) is 0 Å². The van der Waals surface area contributed by atoms with Crippen molar-refractivity contribution < 1.29 is 9.53 Å². The maximum Gasteiger partial charge on any atom is 0.409 e. The number of hydrogen-bond donors (Lipinski definition) is 2. The first-order valence-electron chi connectivity index (χ1n) is 6.16. The Morgan fingerprint density at radius 1 is 1.44 bits per heavy atom. The molecule has 1 aromatic carbocycles. The summed E-state index contributed by atoms with van der Waals surface area (Å²) in [6.07, 6.45) is 0.739. The van der Waals surface area contributed by atoms with Crippen LogP contribution in [0.2, 0.25) is 0 Å². The van der Waals surface area contributed by atoms with E-state index in [0.29, 0.717) is 19.2 Å². The Balaban J connectivity index is 1.73. The predicted molar refractivity (Wildman–Crippen MR) is 68.8 cm³/mol. The fraction of sp³-hybridized carbons (Fsp3) is 0.462. The fourth-order valence-electron chi connectivity index (χ4n) is 1.91. The van der Waals surface area contributed by atoms with Crippen LogP contribution in [-0.2, 0) is 11.3 Å². The number of benzene rings is 1. The molecule has 1 heterocycles. The van der Waals surface area contributed by atoms with Crippen LogP contribution in [0.15, 0.2) is 30.3 Å². The molecule has 1 aliphatic rings. The zero-order valence-corrected chi connectivity index (χ0v) is 10.6. The molecule has 0 bridgehead atoms. The second-order valence-electron chi connectivity index (χ2n) is 4.48. The molecular weight excluding hydrogens is 230 g/mol. The van der Waals surface area contributed by atoms with Crippen molar-refractivity contribution in [3.05, 3.63) is 35.9 Å². The minimum absolute atomic E-state index is 0.285. The number of carbonyl (C=O) groups excluding carboxylic acids is 1. The lowest BCUT2D eigenvalue weighted by atomic mass is 10.2. The van der Waals surface area contributed by atoms with E-state index >= 15 is 0 Å². The lowest BCUT2D eigenvalue weighted by Crippen LogP contribution is -2.41. The molecule has 5 nitrogen and oxygen atoms in total. The van der Waals surface area contributed by atoms with Gasteiger partial charge in [0.25, 0.3) is 0 Å². The van der Waals surface area contributed by atoms with Gasteiger partial charge in [-0.15, -0.1) is 0 Å². The number of likely N-dealkylation sites (N-methyl/N-ethyl adjacent to an activating group) is 1. The SMILES string of the molecule is CN(CC1CCNN1)C(=O)OCc1ccccc1. The molecule has 1 aliphatic heterocycles. The molecule has 1 atom stereocenters. The number of ether oxygens (including phenoxy) is 1. The van der Waals surface area contributed by atoms with Crippen LogP contribution in [0.3, 0.4) is 0 Å². The van der Waals surface area contributed by atoms with Crippen LogP contribution < -0.4 is 10.9 Å². The highest BCUT2D eigenvalue weighted by molar-refractivity contribution is 5.67. The van der Waals surface area contributed by atoms with Gasteiger partial charge in [0.15, 0.2) is 0 Å². The summed E-state index contributed by atoms with van der Waals surface area (Å²) < 4.78 is 5.24. The third-order valence-corrected chi connectivity index (χ3v) is 2.94. The number of hydrogen-bond acceptors (Lipinski definition) is 4. The van der Waals surface area contributed by atoms with Crippen LogP contribution in [0.1, 0.15) is 12.0 Å². The van der Waals surface area contributed by atoms with E-state index in [1.165, 1.54) is 0 Å². The standard InChI is InChI=1S/C13H19N3O2/c1-16(9-12-7-8-14-15-12)13(17)18-10-11-5-3-2-4-6-11/h2-6,12,14-15H,7-10H2,1H3. The summed E-state index contributed by atoms with van der Waals surface area (Å²) in [6.45, 7) is 1.92. The average molecular weight is 249 g/mol. The van der Waals surface area contributed by atoms with Crippen LogP contribution in [0, 0.1) is 0 Å². The molecule has 1 unspecified atom stereocenters. The molecule has 2 N–H and O–H groups in total. The first kappa shape index (κ1) is 12.9. The molecule has 0 aromatic heterocycles. The maximum atomic E-state index is 11.8. The Bertz CT molecular complexity index is 377. The first-order valence-corrected chi connectivity index (χ1v) is 6.16. The molecule has 0 saturated carbocycles. The molecule has 0 spiro atoms. The second-order valence-corrected chi connectivity index (χ2v) is 4.48. The van der Waals surface area contributed by atoms with Gasteiger partial charge in [0, 0.05) is 26.2 Å². The summed E-state index contributed by atoms with van der Waals surface area (Å²) in [5.74, 6) is 0. The van der Waals surface area contributed by atoms with Gasteiger partial charge in [-0.3, -0.25) is 10.9 Å². The van der Waals surface area contributed by atoms with E-state index in [1.54, 1.807) is 11.9 Å². The molecule has 5 heteroatoms. The van der Waals surface area contributed by atoms with E-state index in [2.05, 4.69) is 10.9 Å². The highest BCUT2D eigenvalue weighted by Crippen LogP contribution is 2.04. The quantitative estimate of drug-likeness (QED) is 0.839. The minimum Gasteiger partial charge on any atom is -0.445 e. The lowest BCUT2D eigenvalue weighted by Gasteiger charge is -2.20. The average Bonchev–Trinajstić information content (AvgIpc) is 2.90. The van der Waals surface area contributed by atoms with Gasteiger partial charge in [-0.1, -0.05) is 30.3 Å². The van der Waals surface area contributed by atoms with Crippen LogP contribution >= 0.6 is 0 Å². The Morgan fingerprint density at radius 2 is 2.22 bits per heavy atom. The van der Waals surface area contributed by atoms with Crippen molar-refractivity contribution in [2.75, 3.05) is 20.1 Å². The summed E-state index contributed by atoms with van der Waals surface area (Å²) in [5, 5.41) is 0. The number of hydrazine groups is 1. The lowest BCUT2D eigenvalue weighted by molar-refractivity contribution is 0.102. The molecule has 18 heavy (non-hydrogen) atoms. The highest BCUT2D eigenvalue weighted by Gasteiger charge is 2.19. The highest BCUT2D eigenvalue weighted by atomic mass is 16.6. The second kappa shape index (κ2) is 6.37. The van der Waals surface area contributed by atoms with Crippen molar-refractivity contribution >= 4 is 6.09 Å². The van der Waals surface area contributed by atoms with Gasteiger partial charge < -0.3 is 9.64 Å². The number of amides is 1. The summed E-state index contributed by atoms with van der Waals surface area (Å²) in [7, 11) is 1.76. The normalized spacial score (nSPS) is 18.6. The van der Waals surface area contributed by atoms with Crippen molar-refractivity contribution in [3.8, 4) is 0 Å². The molecule has 0 radical (unpaired) electrons. The predicted octanol–water partition coefficient (Wildman–Crippen LogP) is 1.12. The van der Waals surface area contributed by atoms with Gasteiger partial charge in [0.1, 0.15) is 6.61 Å². The number of nitrogens with one attached hydrogen (secondary N) is 2. The molecule has 0 aliphatic carbocycles. The van der Waals surface area contributed by atoms with Gasteiger partial charge in [-0.25, -0.2) is 4.79 Å². The summed E-state index contributed by atoms with van der Waals surface area (Å²) in [5.41, 5.74) is 7.16. The van der Waals surface area contributed by atoms with Crippen LogP contribution in [0.25, 0.3) is 0 Å². The summed E-state index contributed by atoms with van der Waals surface area (Å²) >= 11 is 0. The van der Waals surface area contributed by atoms with Crippen LogP contribution in [0.4, 0.5) is 4.79 Å². The zero-order valence-electron chi connectivity index (χ0n) is 10.6. The maximum absolute atomic E-state index is 11.8. The fourth-order valence-corrected chi connectivity index (χ4v) is 1.91. The van der Waals surface area contributed by atoms with Crippen molar-refractivity contribution in [1.29, 1.82) is 0 Å². The molecule has 1 fully saturated rings. The largest absolute Gasteiger partial charge is 0.445 e. The smallest absolute Gasteiger partial charge is 0.409 e. The molecule has 1 amide bonds. The Labute approximate surface area is 107 Å². The van der Waals surface area contributed by atoms with Crippen LogP contribution in [-0.4, -0.2) is 37.2 Å². The van der Waals surface area contributed by atoms with Gasteiger partial charge in [-0.05, 0) is 12.0 Å². The molecular formula is C13H19N3O2. The van der Waals surface area contributed by atoms with Gasteiger partial charge >= 0.3 is 6.09 Å². The van der Waals surface area contributed by atoms with E-state index < -0.39 is 0 Å². The number of rotatable bonds is 4. The van der Waals surface area contributed by atoms with Gasteiger partial charge in [-0.2, -0.15) is 0 Å². The zero-order chi connectivity index (χ0) is 12.8. The number of carbonyl (C=O) groups is 1. The van der Waals surface area contributed by atoms with E-state index in [1.807, 2.05) is 30.3 Å². The molecule has 98 valence electrons. The number of nitrogens with zero attached hydrogens (tertiary/aromatic N) is 1. The topological polar surface area (TPSA) is 53.6 Å². The third-order valence-electron chi connectivity index (χ3n) is 2.94.